The molecule has 1 aromatic carbocycles. The van der Waals surface area contributed by atoms with E-state index in [1.54, 1.807) is 0 Å². The molecule has 4 atom stereocenters. The van der Waals surface area contributed by atoms with Gasteiger partial charge in [0.15, 0.2) is 0 Å². The van der Waals surface area contributed by atoms with Crippen LogP contribution >= 0.6 is 22.6 Å². The molecule has 3 aliphatic rings. The predicted molar refractivity (Wildman–Crippen MR) is 90.1 cm³/mol. The van der Waals surface area contributed by atoms with Crippen molar-refractivity contribution in [3.8, 4) is 0 Å². The molecular formula is C17H23INO+. The highest BCUT2D eigenvalue weighted by Gasteiger charge is 2.50. The third-order valence-corrected chi connectivity index (χ3v) is 6.12. The third-order valence-electron chi connectivity index (χ3n) is 5.40. The van der Waals surface area contributed by atoms with Crippen LogP contribution in [-0.4, -0.2) is 35.3 Å². The van der Waals surface area contributed by atoms with E-state index in [-0.39, 0.29) is 0 Å². The zero-order valence-electron chi connectivity index (χ0n) is 11.8. The molecule has 108 valence electrons. The number of rotatable bonds is 4. The van der Waals surface area contributed by atoms with Gasteiger partial charge in [-0.15, -0.1) is 6.58 Å². The Morgan fingerprint density at radius 2 is 2.10 bits per heavy atom. The van der Waals surface area contributed by atoms with Gasteiger partial charge in [-0.25, -0.2) is 0 Å². The van der Waals surface area contributed by atoms with E-state index in [9.17, 15) is 5.11 Å². The molecule has 3 fully saturated rings. The Labute approximate surface area is 135 Å². The van der Waals surface area contributed by atoms with Crippen molar-refractivity contribution in [2.75, 3.05) is 19.7 Å². The van der Waals surface area contributed by atoms with Crippen molar-refractivity contribution in [2.24, 2.45) is 11.8 Å². The van der Waals surface area contributed by atoms with Crippen LogP contribution in [0.1, 0.15) is 18.4 Å². The fourth-order valence-corrected chi connectivity index (χ4v) is 4.60. The maximum atomic E-state index is 9.82. The van der Waals surface area contributed by atoms with Gasteiger partial charge < -0.3 is 9.59 Å². The van der Waals surface area contributed by atoms with Gasteiger partial charge in [0.05, 0.1) is 19.7 Å². The minimum Gasteiger partial charge on any atom is -0.390 e. The molecule has 2 bridgehead atoms. The van der Waals surface area contributed by atoms with Crippen molar-refractivity contribution < 1.29 is 9.59 Å². The summed E-state index contributed by atoms with van der Waals surface area (Å²) in [5.74, 6) is 1.39. The summed E-state index contributed by atoms with van der Waals surface area (Å²) in [6.07, 6.45) is 4.60. The van der Waals surface area contributed by atoms with Crippen LogP contribution in [0.4, 0.5) is 0 Å². The van der Waals surface area contributed by atoms with E-state index in [4.69, 9.17) is 0 Å². The zero-order chi connectivity index (χ0) is 14.2. The van der Waals surface area contributed by atoms with Gasteiger partial charge in [0.25, 0.3) is 0 Å². The summed E-state index contributed by atoms with van der Waals surface area (Å²) in [6, 6.07) is 9.28. The van der Waals surface area contributed by atoms with E-state index < -0.39 is 0 Å². The lowest BCUT2D eigenvalue weighted by Crippen LogP contribution is -2.67. The summed E-state index contributed by atoms with van der Waals surface area (Å²) in [5, 5.41) is 9.82. The summed E-state index contributed by atoms with van der Waals surface area (Å²) in [6.45, 7) is 7.78. The van der Waals surface area contributed by atoms with Crippen LogP contribution in [0.5, 0.6) is 0 Å². The van der Waals surface area contributed by atoms with Crippen molar-refractivity contribution in [1.29, 1.82) is 0 Å². The van der Waals surface area contributed by atoms with Crippen molar-refractivity contribution in [2.45, 2.75) is 25.4 Å². The lowest BCUT2D eigenvalue weighted by atomic mass is 9.73. The second-order valence-electron chi connectivity index (χ2n) is 6.43. The highest BCUT2D eigenvalue weighted by Crippen LogP contribution is 2.43. The minimum atomic E-state index is 0.324. The van der Waals surface area contributed by atoms with Crippen LogP contribution < -0.4 is 0 Å². The van der Waals surface area contributed by atoms with E-state index in [1.807, 2.05) is 0 Å². The van der Waals surface area contributed by atoms with E-state index in [0.717, 1.165) is 29.9 Å². The monoisotopic (exact) mass is 384 g/mol. The molecule has 0 spiro atoms. The van der Waals surface area contributed by atoms with Gasteiger partial charge >= 0.3 is 0 Å². The zero-order valence-corrected chi connectivity index (χ0v) is 14.0. The maximum absolute atomic E-state index is 9.82. The van der Waals surface area contributed by atoms with E-state index >= 15 is 0 Å². The molecule has 4 rings (SSSR count). The molecule has 0 aromatic heterocycles. The molecule has 2 nitrogen and oxygen atoms in total. The molecule has 3 saturated heterocycles. The fraction of sp³-hybridized carbons (Fsp3) is 0.529. The largest absolute Gasteiger partial charge is 0.390 e. The first kappa shape index (κ1) is 14.5. The lowest BCUT2D eigenvalue weighted by Gasteiger charge is -2.56. The molecule has 0 saturated carbocycles. The predicted octanol–water partition coefficient (Wildman–Crippen LogP) is 3.19. The van der Waals surface area contributed by atoms with Crippen molar-refractivity contribution >= 4 is 22.6 Å². The Kier molecular flexibility index (Phi) is 4.20. The number of aliphatic hydroxyl groups is 1. The molecule has 2 unspecified atom stereocenters. The molecule has 3 heterocycles. The number of fused-ring (bicyclic) bond motifs is 3. The fourth-order valence-electron chi connectivity index (χ4n) is 4.24. The summed E-state index contributed by atoms with van der Waals surface area (Å²) in [4.78, 5) is 0. The maximum Gasteiger partial charge on any atom is 0.113 e. The number of hydrogen-bond acceptors (Lipinski definition) is 1. The molecule has 0 aliphatic carbocycles. The smallest absolute Gasteiger partial charge is 0.113 e. The highest BCUT2D eigenvalue weighted by atomic mass is 127. The molecule has 1 aromatic rings. The number of nitrogens with zero attached hydrogens (tertiary/aromatic N) is 1. The Bertz CT molecular complexity index is 486. The molecule has 20 heavy (non-hydrogen) atoms. The lowest BCUT2D eigenvalue weighted by molar-refractivity contribution is -0.981. The average Bonchev–Trinajstić information content (AvgIpc) is 2.49. The molecule has 3 heteroatoms. The third kappa shape index (κ3) is 2.55. The molecule has 0 amide bonds. The number of halogens is 1. The molecule has 3 aliphatic heterocycles. The first-order chi connectivity index (χ1) is 9.66. The summed E-state index contributed by atoms with van der Waals surface area (Å²) in [7, 11) is 0. The van der Waals surface area contributed by atoms with Gasteiger partial charge in [-0.3, -0.25) is 0 Å². The van der Waals surface area contributed by atoms with Crippen LogP contribution in [0.15, 0.2) is 36.9 Å². The van der Waals surface area contributed by atoms with E-state index in [1.165, 1.54) is 22.1 Å². The minimum absolute atomic E-state index is 0.324. The van der Waals surface area contributed by atoms with Gasteiger partial charge in [-0.2, -0.15) is 0 Å². The Morgan fingerprint density at radius 3 is 2.75 bits per heavy atom. The van der Waals surface area contributed by atoms with Crippen molar-refractivity contribution in [3.05, 3.63) is 46.1 Å². The average molecular weight is 384 g/mol. The molecule has 0 radical (unpaired) electrons. The van der Waals surface area contributed by atoms with Crippen LogP contribution in [0, 0.1) is 15.4 Å². The van der Waals surface area contributed by atoms with Gasteiger partial charge in [-0.1, -0.05) is 18.2 Å². The van der Waals surface area contributed by atoms with E-state index in [2.05, 4.69) is 59.5 Å². The number of benzene rings is 1. The standard InChI is InChI=1S/C17H23INO/c1-2-14-11-19(8-7-15(14)9-17(19)12-20)10-13-3-5-16(18)6-4-13/h2-6,14-15,17,20H,1,7-12H2/q+1/t14-,15?,17-,19?/m0/s1. The van der Waals surface area contributed by atoms with Crippen LogP contribution in [0.2, 0.25) is 0 Å². The number of piperidine rings is 3. The SMILES string of the molecule is C=C[C@H]1C[N+]2(Cc3ccc(I)cc3)CCC1C[C@H]2CO. The first-order valence-corrected chi connectivity index (χ1v) is 8.58. The number of aliphatic hydroxyl groups excluding tert-OH is 1. The second kappa shape index (κ2) is 5.78. The molecule has 1 N–H and O–H groups in total. The normalized spacial score (nSPS) is 36.0. The Morgan fingerprint density at radius 1 is 1.35 bits per heavy atom. The van der Waals surface area contributed by atoms with Gasteiger partial charge in [0.2, 0.25) is 0 Å². The summed E-state index contributed by atoms with van der Waals surface area (Å²) in [5.41, 5.74) is 1.40. The Hall–Kier alpha value is -0.390. The summed E-state index contributed by atoms with van der Waals surface area (Å²) < 4.78 is 2.34. The van der Waals surface area contributed by atoms with Gasteiger partial charge in [0.1, 0.15) is 12.6 Å². The van der Waals surface area contributed by atoms with Crippen molar-refractivity contribution in [3.63, 3.8) is 0 Å². The van der Waals surface area contributed by atoms with Crippen LogP contribution in [-0.2, 0) is 6.54 Å². The van der Waals surface area contributed by atoms with Crippen molar-refractivity contribution in [1.82, 2.24) is 0 Å². The van der Waals surface area contributed by atoms with Crippen LogP contribution in [0.25, 0.3) is 0 Å². The first-order valence-electron chi connectivity index (χ1n) is 7.50. The number of hydrogen-bond donors (Lipinski definition) is 1. The van der Waals surface area contributed by atoms with Gasteiger partial charge in [0, 0.05) is 27.9 Å². The number of quaternary nitrogens is 1. The topological polar surface area (TPSA) is 20.2 Å². The quantitative estimate of drug-likeness (QED) is 0.480. The van der Waals surface area contributed by atoms with Gasteiger partial charge in [-0.05, 0) is 40.6 Å². The molecular weight excluding hydrogens is 361 g/mol. The van der Waals surface area contributed by atoms with Crippen LogP contribution in [0.3, 0.4) is 0 Å². The summed E-state index contributed by atoms with van der Waals surface area (Å²) >= 11 is 2.35. The van der Waals surface area contributed by atoms with E-state index in [0.29, 0.717) is 18.6 Å². The highest BCUT2D eigenvalue weighted by molar-refractivity contribution is 14.1. The second-order valence-corrected chi connectivity index (χ2v) is 7.68. The Balaban J connectivity index is 1.86.